The highest BCUT2D eigenvalue weighted by molar-refractivity contribution is 7.90. The van der Waals surface area contributed by atoms with Gasteiger partial charge in [-0.2, -0.15) is 21.6 Å². The van der Waals surface area contributed by atoms with E-state index in [1.54, 1.807) is 6.92 Å². The van der Waals surface area contributed by atoms with Crippen LogP contribution in [0, 0.1) is 18.6 Å². The lowest BCUT2D eigenvalue weighted by atomic mass is 10.0. The number of aromatic nitrogens is 2. The van der Waals surface area contributed by atoms with Crippen LogP contribution in [0.5, 0.6) is 11.5 Å². The van der Waals surface area contributed by atoms with Crippen molar-refractivity contribution in [3.8, 4) is 11.5 Å². The predicted molar refractivity (Wildman–Crippen MR) is 109 cm³/mol. The minimum atomic E-state index is -4.70. The first kappa shape index (κ1) is 24.3. The van der Waals surface area contributed by atoms with Crippen molar-refractivity contribution in [2.24, 2.45) is 0 Å². The Labute approximate surface area is 185 Å². The van der Waals surface area contributed by atoms with Crippen molar-refractivity contribution >= 4 is 16.0 Å². The molecule has 0 unspecified atom stereocenters. The highest BCUT2D eigenvalue weighted by atomic mass is 32.2. The standard InChI is InChI=1S/C20H17F5N4O3S/c1-11-13(7-12-5-6-28-19(18(12)22)29-33(30,31)26-2)9-27-10-17(11)32-16-4-3-14(8-15(16)21)20(23,24)25/h3-6,8-10,26H,7H2,1-2H3,(H,28,29). The first-order valence-corrected chi connectivity index (χ1v) is 10.7. The summed E-state index contributed by atoms with van der Waals surface area (Å²) in [6, 6.07) is 3.20. The number of hydrogen-bond acceptors (Lipinski definition) is 5. The molecule has 3 rings (SSSR count). The summed E-state index contributed by atoms with van der Waals surface area (Å²) in [5.74, 6) is -3.01. The summed E-state index contributed by atoms with van der Waals surface area (Å²) in [5, 5.41) is 0. The van der Waals surface area contributed by atoms with Gasteiger partial charge in [-0.25, -0.2) is 18.5 Å². The van der Waals surface area contributed by atoms with Gasteiger partial charge in [-0.3, -0.25) is 9.71 Å². The molecule has 0 atom stereocenters. The molecule has 2 heterocycles. The van der Waals surface area contributed by atoms with Gasteiger partial charge in [-0.05, 0) is 47.9 Å². The molecule has 2 aromatic heterocycles. The molecule has 7 nitrogen and oxygen atoms in total. The van der Waals surface area contributed by atoms with Crippen molar-refractivity contribution in [3.05, 3.63) is 76.7 Å². The molecule has 0 fully saturated rings. The van der Waals surface area contributed by atoms with Gasteiger partial charge in [0.05, 0.1) is 11.8 Å². The molecule has 0 aliphatic carbocycles. The first-order chi connectivity index (χ1) is 15.4. The third-order valence-electron chi connectivity index (χ3n) is 4.60. The Morgan fingerprint density at radius 1 is 1.06 bits per heavy atom. The van der Waals surface area contributed by atoms with Crippen molar-refractivity contribution in [2.75, 3.05) is 11.8 Å². The molecule has 0 radical (unpaired) electrons. The van der Waals surface area contributed by atoms with Crippen molar-refractivity contribution in [1.82, 2.24) is 14.7 Å². The van der Waals surface area contributed by atoms with Crippen LogP contribution in [0.15, 0.2) is 42.9 Å². The molecular weight excluding hydrogens is 471 g/mol. The molecule has 1 aromatic carbocycles. The topological polar surface area (TPSA) is 93.2 Å². The summed E-state index contributed by atoms with van der Waals surface area (Å²) in [7, 11) is -2.85. The van der Waals surface area contributed by atoms with Crippen molar-refractivity contribution in [2.45, 2.75) is 19.5 Å². The molecule has 176 valence electrons. The number of nitrogens with one attached hydrogen (secondary N) is 2. The zero-order chi connectivity index (χ0) is 24.4. The lowest BCUT2D eigenvalue weighted by molar-refractivity contribution is -0.137. The maximum atomic E-state index is 14.8. The average Bonchev–Trinajstić information content (AvgIpc) is 2.74. The van der Waals surface area contributed by atoms with E-state index in [1.807, 2.05) is 9.44 Å². The van der Waals surface area contributed by atoms with Crippen LogP contribution in [-0.2, 0) is 22.8 Å². The van der Waals surface area contributed by atoms with Crippen LogP contribution in [-0.4, -0.2) is 25.4 Å². The summed E-state index contributed by atoms with van der Waals surface area (Å²) in [6.45, 7) is 1.58. The van der Waals surface area contributed by atoms with Crippen LogP contribution in [0.1, 0.15) is 22.3 Å². The Hall–Kier alpha value is -3.32. The number of anilines is 1. The van der Waals surface area contributed by atoms with Crippen LogP contribution in [0.3, 0.4) is 0 Å². The number of ether oxygens (including phenoxy) is 1. The van der Waals surface area contributed by atoms with Gasteiger partial charge < -0.3 is 4.74 Å². The van der Waals surface area contributed by atoms with Crippen LogP contribution in [0.25, 0.3) is 0 Å². The number of hydrogen-bond donors (Lipinski definition) is 2. The molecule has 2 N–H and O–H groups in total. The lowest BCUT2D eigenvalue weighted by Gasteiger charge is -2.14. The quantitative estimate of drug-likeness (QED) is 0.483. The minimum absolute atomic E-state index is 0.0475. The van der Waals surface area contributed by atoms with Crippen molar-refractivity contribution in [3.63, 3.8) is 0 Å². The molecule has 0 bridgehead atoms. The molecule has 0 saturated heterocycles. The zero-order valence-electron chi connectivity index (χ0n) is 17.2. The number of alkyl halides is 3. The number of halogens is 5. The number of benzene rings is 1. The molecule has 0 spiro atoms. The fourth-order valence-corrected chi connectivity index (χ4v) is 3.28. The van der Waals surface area contributed by atoms with E-state index in [0.29, 0.717) is 23.3 Å². The van der Waals surface area contributed by atoms with E-state index in [0.717, 1.165) is 13.1 Å². The van der Waals surface area contributed by atoms with Gasteiger partial charge in [0.1, 0.15) is 5.75 Å². The van der Waals surface area contributed by atoms with Gasteiger partial charge in [0.25, 0.3) is 10.2 Å². The van der Waals surface area contributed by atoms with E-state index >= 15 is 0 Å². The third kappa shape index (κ3) is 5.73. The smallest absolute Gasteiger partial charge is 0.416 e. The van der Waals surface area contributed by atoms with E-state index in [2.05, 4.69) is 9.97 Å². The first-order valence-electron chi connectivity index (χ1n) is 9.24. The fraction of sp³-hybridized carbons (Fsp3) is 0.200. The molecule has 13 heteroatoms. The van der Waals surface area contributed by atoms with Gasteiger partial charge in [-0.15, -0.1) is 0 Å². The fourth-order valence-electron chi connectivity index (χ4n) is 2.78. The molecule has 33 heavy (non-hydrogen) atoms. The summed E-state index contributed by atoms with van der Waals surface area (Å²) in [6.07, 6.45) is -0.889. The third-order valence-corrected chi connectivity index (χ3v) is 5.60. The number of pyridine rings is 2. The van der Waals surface area contributed by atoms with E-state index in [1.165, 1.54) is 24.7 Å². The van der Waals surface area contributed by atoms with Gasteiger partial charge in [0.2, 0.25) is 0 Å². The van der Waals surface area contributed by atoms with E-state index in [4.69, 9.17) is 4.74 Å². The number of rotatable bonds is 7. The highest BCUT2D eigenvalue weighted by Crippen LogP contribution is 2.34. The van der Waals surface area contributed by atoms with Gasteiger partial charge in [-0.1, -0.05) is 0 Å². The van der Waals surface area contributed by atoms with Gasteiger partial charge in [0, 0.05) is 25.9 Å². The SMILES string of the molecule is CNS(=O)(=O)Nc1nccc(Cc2cncc(Oc3ccc(C(F)(F)F)cc3F)c2C)c1F. The maximum Gasteiger partial charge on any atom is 0.416 e. The second kappa shape index (κ2) is 9.27. The molecule has 0 amide bonds. The normalized spacial score (nSPS) is 12.0. The van der Waals surface area contributed by atoms with Crippen molar-refractivity contribution < 1.29 is 35.1 Å². The predicted octanol–water partition coefficient (Wildman–Crippen LogP) is 4.34. The summed E-state index contributed by atoms with van der Waals surface area (Å²) in [5.41, 5.74) is -0.194. The van der Waals surface area contributed by atoms with E-state index < -0.39 is 45.2 Å². The summed E-state index contributed by atoms with van der Waals surface area (Å²) >= 11 is 0. The van der Waals surface area contributed by atoms with Crippen molar-refractivity contribution in [1.29, 1.82) is 0 Å². The Balaban J connectivity index is 1.87. The second-order valence-electron chi connectivity index (χ2n) is 6.79. The highest BCUT2D eigenvalue weighted by Gasteiger charge is 2.31. The largest absolute Gasteiger partial charge is 0.452 e. The van der Waals surface area contributed by atoms with Crippen LogP contribution < -0.4 is 14.2 Å². The zero-order valence-corrected chi connectivity index (χ0v) is 18.0. The Morgan fingerprint density at radius 3 is 2.42 bits per heavy atom. The maximum absolute atomic E-state index is 14.8. The molecule has 0 aliphatic rings. The monoisotopic (exact) mass is 488 g/mol. The molecule has 0 saturated carbocycles. The minimum Gasteiger partial charge on any atom is -0.452 e. The summed E-state index contributed by atoms with van der Waals surface area (Å²) in [4.78, 5) is 7.64. The second-order valence-corrected chi connectivity index (χ2v) is 8.41. The molecular formula is C20H17F5N4O3S. The van der Waals surface area contributed by atoms with Crippen LogP contribution in [0.4, 0.5) is 27.8 Å². The van der Waals surface area contributed by atoms with Gasteiger partial charge >= 0.3 is 6.18 Å². The summed E-state index contributed by atoms with van der Waals surface area (Å²) < 4.78 is 99.7. The number of nitrogens with zero attached hydrogens (tertiary/aromatic N) is 2. The Kier molecular flexibility index (Phi) is 6.84. The Morgan fingerprint density at radius 2 is 1.79 bits per heavy atom. The van der Waals surface area contributed by atoms with Crippen LogP contribution in [0.2, 0.25) is 0 Å². The van der Waals surface area contributed by atoms with Gasteiger partial charge in [0.15, 0.2) is 23.2 Å². The van der Waals surface area contributed by atoms with E-state index in [-0.39, 0.29) is 17.7 Å². The molecule has 3 aromatic rings. The van der Waals surface area contributed by atoms with E-state index in [9.17, 15) is 30.4 Å². The van der Waals surface area contributed by atoms with Crippen LogP contribution >= 0.6 is 0 Å². The molecule has 0 aliphatic heterocycles. The lowest BCUT2D eigenvalue weighted by Crippen LogP contribution is -2.27. The Bertz CT molecular complexity index is 1280. The average molecular weight is 488 g/mol.